The minimum atomic E-state index is -0.733. The first-order chi connectivity index (χ1) is 11.9. The highest BCUT2D eigenvalue weighted by Crippen LogP contribution is 2.33. The number of amides is 1. The summed E-state index contributed by atoms with van der Waals surface area (Å²) >= 11 is 5.82. The van der Waals surface area contributed by atoms with Gasteiger partial charge in [-0.25, -0.2) is 13.8 Å². The van der Waals surface area contributed by atoms with E-state index in [2.05, 4.69) is 4.98 Å². The summed E-state index contributed by atoms with van der Waals surface area (Å²) in [6.07, 6.45) is 0.957. The molecule has 1 amide bonds. The largest absolute Gasteiger partial charge is 0.453 e. The van der Waals surface area contributed by atoms with E-state index in [4.69, 9.17) is 21.1 Å². The minimum Gasteiger partial charge on any atom is -0.453 e. The Morgan fingerprint density at radius 2 is 2.08 bits per heavy atom. The lowest BCUT2D eigenvalue weighted by Crippen LogP contribution is -2.29. The van der Waals surface area contributed by atoms with Crippen LogP contribution in [0.5, 0.6) is 0 Å². The number of halogens is 3. The minimum absolute atomic E-state index is 0.0268. The van der Waals surface area contributed by atoms with E-state index < -0.39 is 17.5 Å². The molecule has 130 valence electrons. The number of aliphatic hydroxyl groups is 1. The maximum atomic E-state index is 14.4. The lowest BCUT2D eigenvalue weighted by atomic mass is 10.1. The van der Waals surface area contributed by atoms with Gasteiger partial charge in [0.1, 0.15) is 22.1 Å². The van der Waals surface area contributed by atoms with Crippen LogP contribution in [0.4, 0.5) is 8.78 Å². The first kappa shape index (κ1) is 17.3. The second-order valence-corrected chi connectivity index (χ2v) is 5.77. The summed E-state index contributed by atoms with van der Waals surface area (Å²) in [6, 6.07) is 5.35. The van der Waals surface area contributed by atoms with E-state index in [1.807, 2.05) is 0 Å². The highest BCUT2D eigenvalue weighted by Gasteiger charge is 2.18. The number of rotatable bonds is 4. The molecule has 25 heavy (non-hydrogen) atoms. The van der Waals surface area contributed by atoms with Crippen LogP contribution in [0.2, 0.25) is 5.02 Å². The Morgan fingerprint density at radius 1 is 1.32 bits per heavy atom. The molecule has 5 nitrogen and oxygen atoms in total. The third-order valence-corrected chi connectivity index (χ3v) is 4.05. The van der Waals surface area contributed by atoms with Gasteiger partial charge in [-0.1, -0.05) is 11.6 Å². The average molecular weight is 367 g/mol. The monoisotopic (exact) mass is 366 g/mol. The molecule has 0 fully saturated rings. The number of aromatic nitrogens is 1. The third kappa shape index (κ3) is 3.20. The van der Waals surface area contributed by atoms with Crippen molar-refractivity contribution < 1.29 is 23.1 Å². The Balaban J connectivity index is 1.99. The summed E-state index contributed by atoms with van der Waals surface area (Å²) in [7, 11) is 1.51. The summed E-state index contributed by atoms with van der Waals surface area (Å²) in [5.41, 5.74) is 0.550. The Kier molecular flexibility index (Phi) is 4.69. The molecule has 0 aliphatic carbocycles. The Labute approximate surface area is 146 Å². The standard InChI is InChI=1S/C17H13ClF2N2O3/c1-22(4-5-23)17(24)9-2-3-10(11(19)6-9)14-7-13-16(25-14)15(18)12(20)8-21-13/h2-3,6-8,23H,4-5H2,1H3. The molecule has 1 N–H and O–H groups in total. The van der Waals surface area contributed by atoms with Gasteiger partial charge in [0.2, 0.25) is 0 Å². The second-order valence-electron chi connectivity index (χ2n) is 5.39. The van der Waals surface area contributed by atoms with Crippen molar-refractivity contribution >= 4 is 28.6 Å². The quantitative estimate of drug-likeness (QED) is 0.767. The summed E-state index contributed by atoms with van der Waals surface area (Å²) in [4.78, 5) is 17.2. The van der Waals surface area contributed by atoms with Gasteiger partial charge < -0.3 is 14.4 Å². The topological polar surface area (TPSA) is 66.6 Å². The molecule has 8 heteroatoms. The number of benzene rings is 1. The molecule has 0 aliphatic rings. The number of hydrogen-bond acceptors (Lipinski definition) is 4. The molecule has 1 aromatic carbocycles. The first-order valence-electron chi connectivity index (χ1n) is 7.32. The van der Waals surface area contributed by atoms with E-state index in [9.17, 15) is 13.6 Å². The molecule has 0 unspecified atom stereocenters. The summed E-state index contributed by atoms with van der Waals surface area (Å²) in [6.45, 7) is -0.0480. The molecule has 0 radical (unpaired) electrons. The van der Waals surface area contributed by atoms with Gasteiger partial charge in [0, 0.05) is 25.2 Å². The predicted molar refractivity (Wildman–Crippen MR) is 88.4 cm³/mol. The molecule has 0 saturated carbocycles. The maximum absolute atomic E-state index is 14.4. The third-order valence-electron chi connectivity index (χ3n) is 3.70. The van der Waals surface area contributed by atoms with Gasteiger partial charge in [0.05, 0.1) is 18.4 Å². The molecule has 0 atom stereocenters. The fraction of sp³-hybridized carbons (Fsp3) is 0.176. The zero-order chi connectivity index (χ0) is 18.1. The van der Waals surface area contributed by atoms with Crippen molar-refractivity contribution in [2.24, 2.45) is 0 Å². The van der Waals surface area contributed by atoms with Crippen LogP contribution in [0, 0.1) is 11.6 Å². The van der Waals surface area contributed by atoms with Crippen molar-refractivity contribution in [2.45, 2.75) is 0 Å². The number of nitrogens with zero attached hydrogens (tertiary/aromatic N) is 2. The fourth-order valence-electron chi connectivity index (χ4n) is 2.38. The van der Waals surface area contributed by atoms with Gasteiger partial charge in [0.25, 0.3) is 5.91 Å². The number of carbonyl (C=O) groups excluding carboxylic acids is 1. The molecular weight excluding hydrogens is 354 g/mol. The average Bonchev–Trinajstić information content (AvgIpc) is 3.02. The number of hydrogen-bond donors (Lipinski definition) is 1. The van der Waals surface area contributed by atoms with Crippen molar-refractivity contribution in [1.29, 1.82) is 0 Å². The van der Waals surface area contributed by atoms with Crippen LogP contribution in [-0.2, 0) is 0 Å². The highest BCUT2D eigenvalue weighted by atomic mass is 35.5. The van der Waals surface area contributed by atoms with E-state index >= 15 is 0 Å². The van der Waals surface area contributed by atoms with Crippen LogP contribution in [0.1, 0.15) is 10.4 Å². The van der Waals surface area contributed by atoms with Crippen molar-refractivity contribution in [3.8, 4) is 11.3 Å². The Hall–Kier alpha value is -2.51. The number of aliphatic hydroxyl groups excluding tert-OH is 1. The summed E-state index contributed by atoms with van der Waals surface area (Å²) < 4.78 is 33.3. The van der Waals surface area contributed by atoms with Crippen LogP contribution >= 0.6 is 11.6 Å². The van der Waals surface area contributed by atoms with Gasteiger partial charge in [-0.05, 0) is 18.2 Å². The summed E-state index contributed by atoms with van der Waals surface area (Å²) in [5, 5.41) is 8.64. The highest BCUT2D eigenvalue weighted by molar-refractivity contribution is 6.34. The van der Waals surface area contributed by atoms with Gasteiger partial charge in [-0.2, -0.15) is 0 Å². The number of carbonyl (C=O) groups is 1. The molecule has 2 aromatic heterocycles. The van der Waals surface area contributed by atoms with E-state index in [0.717, 1.165) is 12.3 Å². The Bertz CT molecular complexity index is 958. The zero-order valence-corrected chi connectivity index (χ0v) is 13.8. The van der Waals surface area contributed by atoms with Gasteiger partial charge >= 0.3 is 0 Å². The number of furan rings is 1. The van der Waals surface area contributed by atoms with Gasteiger partial charge in [0.15, 0.2) is 11.4 Å². The van der Waals surface area contributed by atoms with Crippen LogP contribution in [0.15, 0.2) is 34.9 Å². The van der Waals surface area contributed by atoms with E-state index in [0.29, 0.717) is 5.52 Å². The predicted octanol–water partition coefficient (Wildman–Crippen LogP) is 3.49. The van der Waals surface area contributed by atoms with Crippen molar-refractivity contribution in [2.75, 3.05) is 20.2 Å². The fourth-order valence-corrected chi connectivity index (χ4v) is 2.56. The van der Waals surface area contributed by atoms with Crippen molar-refractivity contribution in [1.82, 2.24) is 9.88 Å². The molecule has 3 rings (SSSR count). The van der Waals surface area contributed by atoms with Gasteiger partial charge in [-0.3, -0.25) is 4.79 Å². The molecule has 0 aliphatic heterocycles. The van der Waals surface area contributed by atoms with Gasteiger partial charge in [-0.15, -0.1) is 0 Å². The molecule has 3 aromatic rings. The lowest BCUT2D eigenvalue weighted by Gasteiger charge is -2.15. The second kappa shape index (κ2) is 6.78. The maximum Gasteiger partial charge on any atom is 0.253 e. The SMILES string of the molecule is CN(CCO)C(=O)c1ccc(-c2cc3ncc(F)c(Cl)c3o2)c(F)c1. The number of pyridine rings is 1. The molecule has 0 bridgehead atoms. The first-order valence-corrected chi connectivity index (χ1v) is 7.70. The van der Waals surface area contributed by atoms with Crippen LogP contribution in [-0.4, -0.2) is 41.1 Å². The normalized spacial score (nSPS) is 11.1. The van der Waals surface area contributed by atoms with Crippen molar-refractivity contribution in [3.05, 3.63) is 52.7 Å². The number of fused-ring (bicyclic) bond motifs is 1. The van der Waals surface area contributed by atoms with E-state index in [1.165, 1.54) is 30.1 Å². The molecule has 2 heterocycles. The van der Waals surface area contributed by atoms with E-state index in [-0.39, 0.29) is 40.6 Å². The van der Waals surface area contributed by atoms with Crippen LogP contribution < -0.4 is 0 Å². The zero-order valence-electron chi connectivity index (χ0n) is 13.1. The summed E-state index contributed by atoms with van der Waals surface area (Å²) in [5.74, 6) is -1.71. The number of likely N-dealkylation sites (N-methyl/N-ethyl adjacent to an activating group) is 1. The Morgan fingerprint density at radius 3 is 2.76 bits per heavy atom. The van der Waals surface area contributed by atoms with Crippen LogP contribution in [0.25, 0.3) is 22.4 Å². The van der Waals surface area contributed by atoms with E-state index in [1.54, 1.807) is 0 Å². The lowest BCUT2D eigenvalue weighted by molar-refractivity contribution is 0.0766. The van der Waals surface area contributed by atoms with Crippen LogP contribution in [0.3, 0.4) is 0 Å². The van der Waals surface area contributed by atoms with Crippen molar-refractivity contribution in [3.63, 3.8) is 0 Å². The molecule has 0 saturated heterocycles. The molecular formula is C17H13ClF2N2O3. The smallest absolute Gasteiger partial charge is 0.253 e. The molecule has 0 spiro atoms.